The fourth-order valence-corrected chi connectivity index (χ4v) is 5.36. The lowest BCUT2D eigenvalue weighted by Gasteiger charge is -2.33. The minimum atomic E-state index is 0.0955. The van der Waals surface area contributed by atoms with E-state index in [1.807, 2.05) is 42.2 Å². The van der Waals surface area contributed by atoms with Crippen molar-refractivity contribution in [1.82, 2.24) is 14.8 Å². The zero-order valence-corrected chi connectivity index (χ0v) is 20.5. The summed E-state index contributed by atoms with van der Waals surface area (Å²) in [6, 6.07) is 17.9. The molecule has 2 aliphatic heterocycles. The number of carbonyl (C=O) groups is 1. The lowest BCUT2D eigenvalue weighted by Crippen LogP contribution is -2.37. The van der Waals surface area contributed by atoms with E-state index in [-0.39, 0.29) is 17.6 Å². The molecule has 0 saturated carbocycles. The molecular weight excluding hydrogens is 438 g/mol. The lowest BCUT2D eigenvalue weighted by atomic mass is 9.89. The van der Waals surface area contributed by atoms with Crippen LogP contribution in [0.1, 0.15) is 57.2 Å². The normalized spacial score (nSPS) is 16.7. The van der Waals surface area contributed by atoms with E-state index in [9.17, 15) is 9.90 Å². The molecule has 35 heavy (non-hydrogen) atoms. The summed E-state index contributed by atoms with van der Waals surface area (Å²) in [6.07, 6.45) is 2.82. The number of likely N-dealkylation sites (tertiary alicyclic amines) is 1. The molecule has 1 amide bonds. The summed E-state index contributed by atoms with van der Waals surface area (Å²) in [5.74, 6) is 1.03. The molecule has 5 rings (SSSR count). The first-order chi connectivity index (χ1) is 17.0. The van der Waals surface area contributed by atoms with Crippen molar-refractivity contribution in [2.75, 3.05) is 26.7 Å². The van der Waals surface area contributed by atoms with Crippen molar-refractivity contribution in [2.45, 2.75) is 45.2 Å². The minimum absolute atomic E-state index is 0.0955. The van der Waals surface area contributed by atoms with Gasteiger partial charge in [-0.2, -0.15) is 0 Å². The number of hydrogen-bond acceptors (Lipinski definition) is 5. The van der Waals surface area contributed by atoms with Crippen molar-refractivity contribution in [3.63, 3.8) is 0 Å². The van der Waals surface area contributed by atoms with Gasteiger partial charge in [0.15, 0.2) is 11.5 Å². The number of amides is 1. The summed E-state index contributed by atoms with van der Waals surface area (Å²) >= 11 is 0. The molecule has 1 aromatic heterocycles. The van der Waals surface area contributed by atoms with Crippen LogP contribution in [-0.2, 0) is 19.5 Å². The Bertz CT molecular complexity index is 1220. The summed E-state index contributed by atoms with van der Waals surface area (Å²) in [5.41, 5.74) is 6.32. The van der Waals surface area contributed by atoms with E-state index >= 15 is 0 Å². The number of pyridine rings is 1. The molecular formula is C29H33N3O3. The topological polar surface area (TPSA) is 65.9 Å². The average molecular weight is 472 g/mol. The van der Waals surface area contributed by atoms with Gasteiger partial charge >= 0.3 is 0 Å². The van der Waals surface area contributed by atoms with Gasteiger partial charge in [-0.05, 0) is 80.2 Å². The summed E-state index contributed by atoms with van der Waals surface area (Å²) in [4.78, 5) is 22.9. The molecule has 1 N–H and O–H groups in total. The fourth-order valence-electron chi connectivity index (χ4n) is 5.36. The van der Waals surface area contributed by atoms with Crippen LogP contribution in [0.4, 0.5) is 0 Å². The number of phenolic OH excluding ortho intramolecular Hbond substituents is 1. The highest BCUT2D eigenvalue weighted by atomic mass is 16.5. The van der Waals surface area contributed by atoms with Gasteiger partial charge in [-0.3, -0.25) is 14.7 Å². The van der Waals surface area contributed by atoms with E-state index in [4.69, 9.17) is 9.72 Å². The molecule has 2 aliphatic rings. The number of phenols is 1. The smallest absolute Gasteiger partial charge is 0.256 e. The second-order valence-corrected chi connectivity index (χ2v) is 9.69. The molecule has 0 bridgehead atoms. The summed E-state index contributed by atoms with van der Waals surface area (Å²) in [6.45, 7) is 6.05. The predicted molar refractivity (Wildman–Crippen MR) is 136 cm³/mol. The van der Waals surface area contributed by atoms with Gasteiger partial charge in [-0.25, -0.2) is 0 Å². The van der Waals surface area contributed by atoms with Crippen LogP contribution in [0.3, 0.4) is 0 Å². The van der Waals surface area contributed by atoms with Gasteiger partial charge in [0, 0.05) is 31.2 Å². The standard InChI is InChI=1S/C29H33N3O3/c1-20-7-9-25(29(34)32-16-13-22-5-3-4-6-24(22)19-32)28(30-20)23-11-14-31(15-12-23)18-21-8-10-27(35-2)26(33)17-21/h3-10,17,23,33H,11-16,18-19H2,1-2H3. The predicted octanol–water partition coefficient (Wildman–Crippen LogP) is 4.68. The number of methoxy groups -OCH3 is 1. The number of piperidine rings is 1. The Balaban J connectivity index is 1.27. The van der Waals surface area contributed by atoms with Crippen molar-refractivity contribution in [3.8, 4) is 11.5 Å². The number of aromatic nitrogens is 1. The molecule has 0 spiro atoms. The Morgan fingerprint density at radius 1 is 1.06 bits per heavy atom. The number of benzene rings is 2. The molecule has 6 nitrogen and oxygen atoms in total. The third kappa shape index (κ3) is 5.03. The highest BCUT2D eigenvalue weighted by molar-refractivity contribution is 5.95. The lowest BCUT2D eigenvalue weighted by molar-refractivity contribution is 0.0731. The molecule has 182 valence electrons. The fraction of sp³-hybridized carbons (Fsp3) is 0.379. The maximum atomic E-state index is 13.6. The third-order valence-electron chi connectivity index (χ3n) is 7.34. The van der Waals surface area contributed by atoms with Gasteiger partial charge in [-0.15, -0.1) is 0 Å². The molecule has 1 saturated heterocycles. The Labute approximate surface area is 207 Å². The van der Waals surface area contributed by atoms with Crippen LogP contribution < -0.4 is 4.74 Å². The third-order valence-corrected chi connectivity index (χ3v) is 7.34. The zero-order valence-electron chi connectivity index (χ0n) is 20.5. The number of nitrogens with zero attached hydrogens (tertiary/aromatic N) is 3. The summed E-state index contributed by atoms with van der Waals surface area (Å²) in [7, 11) is 1.56. The number of rotatable bonds is 5. The number of fused-ring (bicyclic) bond motifs is 1. The summed E-state index contributed by atoms with van der Waals surface area (Å²) < 4.78 is 5.15. The van der Waals surface area contributed by atoms with Crippen LogP contribution in [0, 0.1) is 6.92 Å². The molecule has 0 unspecified atom stereocenters. The van der Waals surface area contributed by atoms with Crippen molar-refractivity contribution < 1.29 is 14.6 Å². The molecule has 1 fully saturated rings. The van der Waals surface area contributed by atoms with Crippen LogP contribution in [0.25, 0.3) is 0 Å². The van der Waals surface area contributed by atoms with Gasteiger partial charge in [0.25, 0.3) is 5.91 Å². The largest absolute Gasteiger partial charge is 0.504 e. The Hall–Kier alpha value is -3.38. The van der Waals surface area contributed by atoms with Gasteiger partial charge < -0.3 is 14.7 Å². The summed E-state index contributed by atoms with van der Waals surface area (Å²) in [5, 5.41) is 10.1. The molecule has 0 radical (unpaired) electrons. The minimum Gasteiger partial charge on any atom is -0.504 e. The van der Waals surface area contributed by atoms with Crippen LogP contribution in [0.2, 0.25) is 0 Å². The van der Waals surface area contributed by atoms with Crippen LogP contribution in [0.15, 0.2) is 54.6 Å². The molecule has 3 aromatic rings. The van der Waals surface area contributed by atoms with Crippen LogP contribution >= 0.6 is 0 Å². The highest BCUT2D eigenvalue weighted by Crippen LogP contribution is 2.32. The Morgan fingerprint density at radius 3 is 2.57 bits per heavy atom. The number of aromatic hydroxyl groups is 1. The van der Waals surface area contributed by atoms with E-state index < -0.39 is 0 Å². The van der Waals surface area contributed by atoms with Gasteiger partial charge in [-0.1, -0.05) is 30.3 Å². The number of hydrogen-bond donors (Lipinski definition) is 1. The first-order valence-corrected chi connectivity index (χ1v) is 12.4. The second-order valence-electron chi connectivity index (χ2n) is 9.69. The van der Waals surface area contributed by atoms with Crippen LogP contribution in [0.5, 0.6) is 11.5 Å². The van der Waals surface area contributed by atoms with Crippen molar-refractivity contribution >= 4 is 5.91 Å². The van der Waals surface area contributed by atoms with Crippen molar-refractivity contribution in [1.29, 1.82) is 0 Å². The first-order valence-electron chi connectivity index (χ1n) is 12.4. The van der Waals surface area contributed by atoms with Crippen molar-refractivity contribution in [2.24, 2.45) is 0 Å². The van der Waals surface area contributed by atoms with E-state index in [1.165, 1.54) is 11.1 Å². The van der Waals surface area contributed by atoms with Crippen molar-refractivity contribution in [3.05, 3.63) is 88.2 Å². The number of ether oxygens (including phenoxy) is 1. The monoisotopic (exact) mass is 471 g/mol. The van der Waals surface area contributed by atoms with Gasteiger partial charge in [0.1, 0.15) is 0 Å². The van der Waals surface area contributed by atoms with Gasteiger partial charge in [0.2, 0.25) is 0 Å². The molecule has 2 aromatic carbocycles. The molecule has 0 aliphatic carbocycles. The quantitative estimate of drug-likeness (QED) is 0.585. The average Bonchev–Trinajstić information content (AvgIpc) is 2.88. The maximum absolute atomic E-state index is 13.6. The Kier molecular flexibility index (Phi) is 6.73. The maximum Gasteiger partial charge on any atom is 0.256 e. The highest BCUT2D eigenvalue weighted by Gasteiger charge is 2.29. The number of carbonyl (C=O) groups excluding carboxylic acids is 1. The van der Waals surface area contributed by atoms with E-state index in [2.05, 4.69) is 23.1 Å². The van der Waals surface area contributed by atoms with E-state index in [0.717, 1.165) is 68.0 Å². The van der Waals surface area contributed by atoms with E-state index in [1.54, 1.807) is 13.2 Å². The van der Waals surface area contributed by atoms with Crippen LogP contribution in [-0.4, -0.2) is 52.5 Å². The SMILES string of the molecule is COc1ccc(CN2CCC(c3nc(C)ccc3C(=O)N3CCc4ccccc4C3)CC2)cc1O. The molecule has 3 heterocycles. The number of aryl methyl sites for hydroxylation is 1. The van der Waals surface area contributed by atoms with E-state index in [0.29, 0.717) is 12.3 Å². The first kappa shape index (κ1) is 23.4. The zero-order chi connectivity index (χ0) is 24.4. The second kappa shape index (κ2) is 10.1. The molecule has 0 atom stereocenters. The Morgan fingerprint density at radius 2 is 1.83 bits per heavy atom. The van der Waals surface area contributed by atoms with Gasteiger partial charge in [0.05, 0.1) is 18.4 Å². The molecule has 6 heteroatoms.